The predicted octanol–water partition coefficient (Wildman–Crippen LogP) is 4.89. The fourth-order valence-corrected chi connectivity index (χ4v) is 5.49. The Hall–Kier alpha value is -2.09. The second-order valence-electron chi connectivity index (χ2n) is 11.8. The molecule has 0 aromatic carbocycles. The van der Waals surface area contributed by atoms with Crippen molar-refractivity contribution >= 4 is 17.8 Å². The summed E-state index contributed by atoms with van der Waals surface area (Å²) in [5.41, 5.74) is 0.0977. The molecule has 7 heteroatoms. The van der Waals surface area contributed by atoms with Gasteiger partial charge >= 0.3 is 5.97 Å². The van der Waals surface area contributed by atoms with Gasteiger partial charge in [0.15, 0.2) is 0 Å². The van der Waals surface area contributed by atoms with Crippen molar-refractivity contribution in [3.63, 3.8) is 0 Å². The molecular weight excluding hydrogens is 470 g/mol. The smallest absolute Gasteiger partial charge is 0.309 e. The van der Waals surface area contributed by atoms with Crippen LogP contribution in [-0.2, 0) is 19.1 Å². The monoisotopic (exact) mass is 515 g/mol. The van der Waals surface area contributed by atoms with Crippen molar-refractivity contribution in [3.05, 3.63) is 35.7 Å². The number of Topliss-reactive ketones (excluding diaryl/α,β-unsaturated/α-hetero) is 1. The first-order valence-corrected chi connectivity index (χ1v) is 13.8. The number of ketones is 1. The molecule has 0 bridgehead atoms. The number of carbonyl (C=O) groups is 2. The number of hydrogen-bond donors (Lipinski definition) is 2. The van der Waals surface area contributed by atoms with Crippen LogP contribution in [0.3, 0.4) is 0 Å². The molecule has 1 aromatic rings. The molecule has 2 aliphatic rings. The summed E-state index contributed by atoms with van der Waals surface area (Å²) in [5.74, 6) is -1.43. The molecule has 0 spiro atoms. The van der Waals surface area contributed by atoms with Crippen LogP contribution in [0, 0.1) is 17.3 Å². The number of aromatic nitrogens is 1. The quantitative estimate of drug-likeness (QED) is 0.434. The molecule has 3 rings (SSSR count). The van der Waals surface area contributed by atoms with E-state index in [0.717, 1.165) is 37.0 Å². The Labute approximate surface area is 221 Å². The Bertz CT molecular complexity index is 960. The van der Waals surface area contributed by atoms with Gasteiger partial charge < -0.3 is 19.7 Å². The molecule has 2 N–H and O–H groups in total. The van der Waals surface area contributed by atoms with E-state index >= 15 is 0 Å². The maximum absolute atomic E-state index is 13.6. The summed E-state index contributed by atoms with van der Waals surface area (Å²) in [7, 11) is 0. The number of hydrogen-bond acceptors (Lipinski definition) is 7. The predicted molar refractivity (Wildman–Crippen MR) is 142 cm³/mol. The molecule has 0 unspecified atom stereocenters. The number of rotatable bonds is 4. The number of cyclic esters (lactones) is 1. The van der Waals surface area contributed by atoms with E-state index in [2.05, 4.69) is 11.9 Å². The lowest BCUT2D eigenvalue weighted by Gasteiger charge is -2.36. The standard InChI is InChI=1S/C30H45NO6/c1-7-11-22-27(34)19(2)12-10-14-30(6)25(37-30)17-23(20(3)16-21-13-8-9-15-31-21)36-26(33)18-24(32)29(4,5)28(22)35/h8-9,13,15-16,19,22-25,27,32,34H,7,10-12,14,17-18H2,1-6H3/t19-,22+,23-,24-,25-,27-,30-/m0/s1. The zero-order chi connectivity index (χ0) is 27.4. The number of epoxide rings is 1. The van der Waals surface area contributed by atoms with Crippen molar-refractivity contribution in [3.8, 4) is 0 Å². The third-order valence-electron chi connectivity index (χ3n) is 8.40. The van der Waals surface area contributed by atoms with Crippen molar-refractivity contribution in [2.75, 3.05) is 0 Å². The van der Waals surface area contributed by atoms with Crippen LogP contribution in [0.4, 0.5) is 0 Å². The van der Waals surface area contributed by atoms with Gasteiger partial charge in [0.05, 0.1) is 41.4 Å². The van der Waals surface area contributed by atoms with Crippen molar-refractivity contribution in [2.24, 2.45) is 17.3 Å². The summed E-state index contributed by atoms with van der Waals surface area (Å²) < 4.78 is 12.0. The highest BCUT2D eigenvalue weighted by Gasteiger charge is 2.53. The molecule has 1 aromatic heterocycles. The lowest BCUT2D eigenvalue weighted by molar-refractivity contribution is -0.154. The van der Waals surface area contributed by atoms with Crippen LogP contribution >= 0.6 is 0 Å². The third-order valence-corrected chi connectivity index (χ3v) is 8.40. The fourth-order valence-electron chi connectivity index (χ4n) is 5.49. The molecule has 206 valence electrons. The number of aliphatic hydroxyl groups excluding tert-OH is 2. The van der Waals surface area contributed by atoms with Gasteiger partial charge in [-0.15, -0.1) is 0 Å². The Balaban J connectivity index is 1.88. The number of esters is 1. The first kappa shape index (κ1) is 29.5. The van der Waals surface area contributed by atoms with Gasteiger partial charge in [-0.1, -0.05) is 46.6 Å². The van der Waals surface area contributed by atoms with Crippen LogP contribution in [0.1, 0.15) is 92.2 Å². The average molecular weight is 516 g/mol. The molecule has 0 radical (unpaired) electrons. The van der Waals surface area contributed by atoms with E-state index < -0.39 is 35.6 Å². The Morgan fingerprint density at radius 2 is 1.95 bits per heavy atom. The maximum atomic E-state index is 13.6. The highest BCUT2D eigenvalue weighted by Crippen LogP contribution is 2.45. The van der Waals surface area contributed by atoms with Gasteiger partial charge in [-0.05, 0) is 62.8 Å². The number of fused-ring (bicyclic) bond motifs is 1. The van der Waals surface area contributed by atoms with Crippen LogP contribution in [0.25, 0.3) is 6.08 Å². The molecule has 0 saturated carbocycles. The van der Waals surface area contributed by atoms with E-state index in [0.29, 0.717) is 12.8 Å². The lowest BCUT2D eigenvalue weighted by atomic mass is 9.71. The van der Waals surface area contributed by atoms with Gasteiger partial charge in [0.25, 0.3) is 0 Å². The van der Waals surface area contributed by atoms with Crippen LogP contribution in [-0.4, -0.2) is 57.0 Å². The highest BCUT2D eigenvalue weighted by molar-refractivity contribution is 5.88. The van der Waals surface area contributed by atoms with Crippen LogP contribution in [0.15, 0.2) is 30.0 Å². The summed E-state index contributed by atoms with van der Waals surface area (Å²) in [6.45, 7) is 11.3. The first-order valence-electron chi connectivity index (χ1n) is 13.8. The molecule has 7 atom stereocenters. The van der Waals surface area contributed by atoms with Crippen LogP contribution < -0.4 is 0 Å². The maximum Gasteiger partial charge on any atom is 0.309 e. The number of nitrogens with zero attached hydrogens (tertiary/aromatic N) is 1. The second kappa shape index (κ2) is 12.2. The normalized spacial score (nSPS) is 35.9. The molecule has 7 nitrogen and oxygen atoms in total. The van der Waals surface area contributed by atoms with Crippen molar-refractivity contribution in [1.82, 2.24) is 4.98 Å². The van der Waals surface area contributed by atoms with E-state index in [1.165, 1.54) is 0 Å². The van der Waals surface area contributed by atoms with Gasteiger partial charge in [-0.3, -0.25) is 14.6 Å². The molecule has 0 amide bonds. The van der Waals surface area contributed by atoms with E-state index in [1.807, 2.05) is 45.0 Å². The minimum Gasteiger partial charge on any atom is -0.458 e. The lowest BCUT2D eigenvalue weighted by Crippen LogP contribution is -2.46. The second-order valence-corrected chi connectivity index (χ2v) is 11.8. The summed E-state index contributed by atoms with van der Waals surface area (Å²) in [6.07, 6.45) is 4.94. The van der Waals surface area contributed by atoms with Crippen molar-refractivity contribution < 1.29 is 29.3 Å². The van der Waals surface area contributed by atoms with Gasteiger partial charge in [0, 0.05) is 18.5 Å². The minimum atomic E-state index is -1.23. The van der Waals surface area contributed by atoms with E-state index in [9.17, 15) is 19.8 Å². The number of carbonyl (C=O) groups excluding carboxylic acids is 2. The van der Waals surface area contributed by atoms with Gasteiger partial charge in [-0.2, -0.15) is 0 Å². The third kappa shape index (κ3) is 7.27. The molecule has 0 aliphatic carbocycles. The summed E-state index contributed by atoms with van der Waals surface area (Å²) in [4.78, 5) is 31.0. The first-order chi connectivity index (χ1) is 17.4. The fraction of sp³-hybridized carbons (Fsp3) is 0.700. The zero-order valence-electron chi connectivity index (χ0n) is 23.3. The van der Waals surface area contributed by atoms with Gasteiger partial charge in [-0.25, -0.2) is 0 Å². The van der Waals surface area contributed by atoms with Crippen LogP contribution in [0.2, 0.25) is 0 Å². The molecule has 3 heterocycles. The summed E-state index contributed by atoms with van der Waals surface area (Å²) in [5, 5.41) is 22.2. The van der Waals surface area contributed by atoms with Gasteiger partial charge in [0.1, 0.15) is 11.9 Å². The number of pyridine rings is 1. The highest BCUT2D eigenvalue weighted by atomic mass is 16.6. The van der Waals surface area contributed by atoms with E-state index in [1.54, 1.807) is 20.0 Å². The molecule has 37 heavy (non-hydrogen) atoms. The van der Waals surface area contributed by atoms with Gasteiger partial charge in [0.2, 0.25) is 0 Å². The Morgan fingerprint density at radius 3 is 2.59 bits per heavy atom. The largest absolute Gasteiger partial charge is 0.458 e. The summed E-state index contributed by atoms with van der Waals surface area (Å²) in [6, 6.07) is 5.63. The van der Waals surface area contributed by atoms with E-state index in [4.69, 9.17) is 9.47 Å². The Morgan fingerprint density at radius 1 is 1.22 bits per heavy atom. The van der Waals surface area contributed by atoms with Crippen LogP contribution in [0.5, 0.6) is 0 Å². The molecule has 2 aliphatic heterocycles. The SMILES string of the molecule is CCC[C@H]1C(=O)C(C)(C)[C@@H](O)CC(=O)O[C@H](C(C)=Cc2ccccn2)C[C@@H]2O[C@@]2(C)CCC[C@H](C)[C@@H]1O. The number of ether oxygens (including phenoxy) is 2. The minimum absolute atomic E-state index is 0.0544. The Kier molecular flexibility index (Phi) is 9.70. The summed E-state index contributed by atoms with van der Waals surface area (Å²) >= 11 is 0. The van der Waals surface area contributed by atoms with Crippen molar-refractivity contribution in [1.29, 1.82) is 0 Å². The van der Waals surface area contributed by atoms with Crippen molar-refractivity contribution in [2.45, 2.75) is 117 Å². The topological polar surface area (TPSA) is 109 Å². The van der Waals surface area contributed by atoms with E-state index in [-0.39, 0.29) is 29.8 Å². The number of aliphatic hydroxyl groups is 2. The zero-order valence-corrected chi connectivity index (χ0v) is 23.3. The molecule has 2 fully saturated rings. The molecule has 2 saturated heterocycles. The molecular formula is C30H45NO6. The average Bonchev–Trinajstić information content (AvgIpc) is 3.49.